The fourth-order valence-corrected chi connectivity index (χ4v) is 4.74. The Hall–Kier alpha value is -2.98. The summed E-state index contributed by atoms with van der Waals surface area (Å²) in [5, 5.41) is 0.767. The van der Waals surface area contributed by atoms with Crippen molar-refractivity contribution >= 4 is 32.6 Å². The molecule has 0 unspecified atom stereocenters. The van der Waals surface area contributed by atoms with Crippen molar-refractivity contribution in [3.05, 3.63) is 95.1 Å². The molecule has 4 rings (SSSR count). The van der Waals surface area contributed by atoms with E-state index in [0.717, 1.165) is 32.9 Å². The van der Waals surface area contributed by atoms with Gasteiger partial charge in [-0.05, 0) is 40.7 Å². The van der Waals surface area contributed by atoms with Crippen molar-refractivity contribution in [3.8, 4) is 0 Å². The molecule has 4 aromatic rings. The molecule has 1 aromatic heterocycles. The second-order valence-corrected chi connectivity index (χ2v) is 9.16. The van der Waals surface area contributed by atoms with Crippen molar-refractivity contribution in [2.75, 3.05) is 4.90 Å². The molecule has 4 heteroatoms. The number of fused-ring (bicyclic) bond motifs is 1. The molecule has 0 aliphatic carbocycles. The standard InChI is InChI=1S/C27H28N2OS/c1-4-22-11-8-12-24-26(22)28-27(31-24)29(18-21-9-6-5-7-10-21)25(30)17-20-13-15-23(16-14-20)19(2)3/h5-16,19H,4,17-18H2,1-3H3. The molecule has 0 aliphatic heterocycles. The van der Waals surface area contributed by atoms with Gasteiger partial charge >= 0.3 is 0 Å². The topological polar surface area (TPSA) is 33.2 Å². The molecule has 0 bridgehead atoms. The molecule has 158 valence electrons. The van der Waals surface area contributed by atoms with Crippen LogP contribution in [0, 0.1) is 0 Å². The molecule has 0 atom stereocenters. The Labute approximate surface area is 188 Å². The molecule has 3 nitrogen and oxygen atoms in total. The number of benzene rings is 3. The Morgan fingerprint density at radius 1 is 0.935 bits per heavy atom. The van der Waals surface area contributed by atoms with E-state index in [1.807, 2.05) is 23.1 Å². The molecule has 0 saturated heterocycles. The summed E-state index contributed by atoms with van der Waals surface area (Å²) in [4.78, 5) is 20.2. The van der Waals surface area contributed by atoms with Crippen LogP contribution in [0.3, 0.4) is 0 Å². The van der Waals surface area contributed by atoms with Gasteiger partial charge in [0.15, 0.2) is 5.13 Å². The summed E-state index contributed by atoms with van der Waals surface area (Å²) >= 11 is 1.59. The van der Waals surface area contributed by atoms with Gasteiger partial charge in [-0.25, -0.2) is 4.98 Å². The lowest BCUT2D eigenvalue weighted by atomic mass is 10.0. The van der Waals surface area contributed by atoms with E-state index in [0.29, 0.717) is 18.9 Å². The van der Waals surface area contributed by atoms with Crippen LogP contribution in [-0.4, -0.2) is 10.9 Å². The van der Waals surface area contributed by atoms with E-state index in [1.165, 1.54) is 11.1 Å². The third-order valence-corrected chi connectivity index (χ3v) is 6.63. The van der Waals surface area contributed by atoms with E-state index in [9.17, 15) is 4.79 Å². The van der Waals surface area contributed by atoms with Crippen molar-refractivity contribution in [2.45, 2.75) is 46.1 Å². The quantitative estimate of drug-likeness (QED) is 0.326. The predicted octanol–water partition coefficient (Wildman–Crippen LogP) is 6.76. The van der Waals surface area contributed by atoms with E-state index >= 15 is 0 Å². The summed E-state index contributed by atoms with van der Waals surface area (Å²) in [7, 11) is 0. The van der Waals surface area contributed by atoms with Crippen molar-refractivity contribution in [1.29, 1.82) is 0 Å². The van der Waals surface area contributed by atoms with Crippen LogP contribution in [0.25, 0.3) is 10.2 Å². The summed E-state index contributed by atoms with van der Waals surface area (Å²) in [6.45, 7) is 7.02. The average Bonchev–Trinajstić information content (AvgIpc) is 3.22. The molecule has 0 N–H and O–H groups in total. The van der Waals surface area contributed by atoms with Gasteiger partial charge in [0.2, 0.25) is 5.91 Å². The third-order valence-electron chi connectivity index (χ3n) is 5.59. The Bertz CT molecular complexity index is 1160. The van der Waals surface area contributed by atoms with Gasteiger partial charge in [-0.3, -0.25) is 9.69 Å². The van der Waals surface area contributed by atoms with Crippen LogP contribution in [0.4, 0.5) is 5.13 Å². The van der Waals surface area contributed by atoms with E-state index in [1.54, 1.807) is 11.3 Å². The minimum Gasteiger partial charge on any atom is -0.283 e. The molecular weight excluding hydrogens is 400 g/mol. The van der Waals surface area contributed by atoms with Gasteiger partial charge in [-0.1, -0.05) is 98.8 Å². The molecule has 0 saturated carbocycles. The van der Waals surface area contributed by atoms with Crippen LogP contribution in [0.5, 0.6) is 0 Å². The van der Waals surface area contributed by atoms with Crippen LogP contribution < -0.4 is 4.90 Å². The second kappa shape index (κ2) is 9.44. The van der Waals surface area contributed by atoms with Crippen LogP contribution in [-0.2, 0) is 24.2 Å². The van der Waals surface area contributed by atoms with E-state index < -0.39 is 0 Å². The number of hydrogen-bond donors (Lipinski definition) is 0. The number of carbonyl (C=O) groups excluding carboxylic acids is 1. The largest absolute Gasteiger partial charge is 0.283 e. The summed E-state index contributed by atoms with van der Waals surface area (Å²) in [6.07, 6.45) is 1.29. The molecule has 0 spiro atoms. The number of rotatable bonds is 7. The normalized spacial score (nSPS) is 11.2. The summed E-state index contributed by atoms with van der Waals surface area (Å²) in [5.41, 5.74) is 5.65. The van der Waals surface area contributed by atoms with Crippen molar-refractivity contribution < 1.29 is 4.79 Å². The third kappa shape index (κ3) is 4.86. The average molecular weight is 429 g/mol. The number of amides is 1. The summed E-state index contributed by atoms with van der Waals surface area (Å²) < 4.78 is 1.13. The zero-order valence-corrected chi connectivity index (χ0v) is 19.2. The molecule has 1 amide bonds. The zero-order chi connectivity index (χ0) is 21.8. The maximum Gasteiger partial charge on any atom is 0.233 e. The highest BCUT2D eigenvalue weighted by atomic mass is 32.1. The van der Waals surface area contributed by atoms with Gasteiger partial charge in [0, 0.05) is 0 Å². The molecule has 3 aromatic carbocycles. The number of thiazole rings is 1. The van der Waals surface area contributed by atoms with Crippen LogP contribution in [0.2, 0.25) is 0 Å². The van der Waals surface area contributed by atoms with Crippen molar-refractivity contribution in [1.82, 2.24) is 4.98 Å². The highest BCUT2D eigenvalue weighted by molar-refractivity contribution is 7.22. The number of anilines is 1. The minimum atomic E-state index is 0.0678. The van der Waals surface area contributed by atoms with Crippen molar-refractivity contribution in [2.24, 2.45) is 0 Å². The first-order valence-electron chi connectivity index (χ1n) is 10.9. The number of aromatic nitrogens is 1. The van der Waals surface area contributed by atoms with Crippen LogP contribution >= 0.6 is 11.3 Å². The van der Waals surface area contributed by atoms with E-state index in [-0.39, 0.29) is 5.91 Å². The Balaban J connectivity index is 1.66. The second-order valence-electron chi connectivity index (χ2n) is 8.15. The lowest BCUT2D eigenvalue weighted by Gasteiger charge is -2.20. The minimum absolute atomic E-state index is 0.0678. The molecular formula is C27H28N2OS. The first-order valence-corrected chi connectivity index (χ1v) is 11.7. The van der Waals surface area contributed by atoms with Gasteiger partial charge in [-0.2, -0.15) is 0 Å². The Kier molecular flexibility index (Phi) is 6.47. The maximum absolute atomic E-state index is 13.5. The highest BCUT2D eigenvalue weighted by Gasteiger charge is 2.21. The first kappa shape index (κ1) is 21.3. The SMILES string of the molecule is CCc1cccc2sc(N(Cc3ccccc3)C(=O)Cc3ccc(C(C)C)cc3)nc12. The van der Waals surface area contributed by atoms with Crippen molar-refractivity contribution in [3.63, 3.8) is 0 Å². The van der Waals surface area contributed by atoms with Gasteiger partial charge in [-0.15, -0.1) is 0 Å². The predicted molar refractivity (Wildman–Crippen MR) is 131 cm³/mol. The van der Waals surface area contributed by atoms with Crippen LogP contribution in [0.1, 0.15) is 48.9 Å². The first-order chi connectivity index (χ1) is 15.0. The summed E-state index contributed by atoms with van der Waals surface area (Å²) in [5.74, 6) is 0.549. The Morgan fingerprint density at radius 2 is 1.68 bits per heavy atom. The lowest BCUT2D eigenvalue weighted by Crippen LogP contribution is -2.31. The van der Waals surface area contributed by atoms with E-state index in [4.69, 9.17) is 4.98 Å². The highest BCUT2D eigenvalue weighted by Crippen LogP contribution is 2.32. The number of carbonyl (C=O) groups is 1. The number of para-hydroxylation sites is 1. The van der Waals surface area contributed by atoms with Gasteiger partial charge < -0.3 is 0 Å². The smallest absolute Gasteiger partial charge is 0.233 e. The number of nitrogens with zero attached hydrogens (tertiary/aromatic N) is 2. The number of hydrogen-bond acceptors (Lipinski definition) is 3. The fraction of sp³-hybridized carbons (Fsp3) is 0.259. The Morgan fingerprint density at radius 3 is 2.35 bits per heavy atom. The molecule has 0 fully saturated rings. The molecule has 31 heavy (non-hydrogen) atoms. The molecule has 1 heterocycles. The van der Waals surface area contributed by atoms with Gasteiger partial charge in [0.1, 0.15) is 0 Å². The van der Waals surface area contributed by atoms with Gasteiger partial charge in [0.05, 0.1) is 23.2 Å². The van der Waals surface area contributed by atoms with Crippen LogP contribution in [0.15, 0.2) is 72.8 Å². The maximum atomic E-state index is 13.5. The molecule has 0 aliphatic rings. The molecule has 0 radical (unpaired) electrons. The fourth-order valence-electron chi connectivity index (χ4n) is 3.71. The van der Waals surface area contributed by atoms with Gasteiger partial charge in [0.25, 0.3) is 0 Å². The summed E-state index contributed by atoms with van der Waals surface area (Å²) in [6, 6.07) is 24.8. The zero-order valence-electron chi connectivity index (χ0n) is 18.3. The lowest BCUT2D eigenvalue weighted by molar-refractivity contribution is -0.118. The van der Waals surface area contributed by atoms with E-state index in [2.05, 4.69) is 75.4 Å². The number of aryl methyl sites for hydroxylation is 1. The monoisotopic (exact) mass is 428 g/mol.